The molecule has 116 valence electrons. The topological polar surface area (TPSA) is 62.4 Å². The number of nitrogens with two attached hydrogens (primary N) is 1. The van der Waals surface area contributed by atoms with Gasteiger partial charge in [0.2, 0.25) is 0 Å². The first-order valence-electron chi connectivity index (χ1n) is 7.74. The minimum Gasteiger partial charge on any atom is -0.353 e. The first kappa shape index (κ1) is 16.2. The number of guanidine groups is 1. The fourth-order valence-corrected chi connectivity index (χ4v) is 3.17. The first-order valence-corrected chi connectivity index (χ1v) is 8.97. The van der Waals surface area contributed by atoms with Gasteiger partial charge in [-0.1, -0.05) is 31.4 Å². The van der Waals surface area contributed by atoms with Crippen molar-refractivity contribution < 1.29 is 0 Å². The van der Waals surface area contributed by atoms with Gasteiger partial charge in [0.25, 0.3) is 0 Å². The highest BCUT2D eigenvalue weighted by molar-refractivity contribution is 7.98. The number of thioether (sulfide) groups is 1. The molecule has 21 heavy (non-hydrogen) atoms. The Bertz CT molecular complexity index is 455. The molecule has 0 saturated heterocycles. The lowest BCUT2D eigenvalue weighted by Gasteiger charge is -2.25. The predicted molar refractivity (Wildman–Crippen MR) is 93.2 cm³/mol. The standard InChI is InChI=1S/C16H26N4S/c1-21-15-10-6-5-9-14(15)20-16(18-12-11-17)19-13-7-3-2-4-8-13/h5-6,9-10,13H,2-4,7-8,11-12,17H2,1H3,(H2,18,19,20). The van der Waals surface area contributed by atoms with Crippen LogP contribution in [-0.2, 0) is 0 Å². The minimum absolute atomic E-state index is 0.532. The SMILES string of the molecule is CSc1ccccc1NC(=NCCN)NC1CCCCC1. The Hall–Kier alpha value is -1.20. The van der Waals surface area contributed by atoms with Gasteiger partial charge in [-0.2, -0.15) is 0 Å². The smallest absolute Gasteiger partial charge is 0.196 e. The summed E-state index contributed by atoms with van der Waals surface area (Å²) in [4.78, 5) is 5.79. The molecular formula is C16H26N4S. The monoisotopic (exact) mass is 306 g/mol. The predicted octanol–water partition coefficient (Wildman–Crippen LogP) is 3.06. The van der Waals surface area contributed by atoms with Crippen LogP contribution in [0.15, 0.2) is 34.2 Å². The second-order valence-electron chi connectivity index (χ2n) is 5.32. The molecular weight excluding hydrogens is 280 g/mol. The summed E-state index contributed by atoms with van der Waals surface area (Å²) in [5.74, 6) is 0.855. The highest BCUT2D eigenvalue weighted by Crippen LogP contribution is 2.24. The van der Waals surface area contributed by atoms with Crippen LogP contribution in [0.1, 0.15) is 32.1 Å². The summed E-state index contributed by atoms with van der Waals surface area (Å²) < 4.78 is 0. The maximum Gasteiger partial charge on any atom is 0.196 e. The summed E-state index contributed by atoms with van der Waals surface area (Å²) >= 11 is 1.74. The van der Waals surface area contributed by atoms with Gasteiger partial charge in [0, 0.05) is 17.5 Å². The van der Waals surface area contributed by atoms with E-state index in [2.05, 4.69) is 40.1 Å². The molecule has 0 heterocycles. The molecule has 5 heteroatoms. The van der Waals surface area contributed by atoms with Crippen LogP contribution in [0, 0.1) is 0 Å². The van der Waals surface area contributed by atoms with Gasteiger partial charge >= 0.3 is 0 Å². The van der Waals surface area contributed by atoms with Crippen LogP contribution in [0.25, 0.3) is 0 Å². The Labute approximate surface area is 132 Å². The minimum atomic E-state index is 0.532. The molecule has 1 aromatic carbocycles. The van der Waals surface area contributed by atoms with Crippen molar-refractivity contribution in [2.75, 3.05) is 24.7 Å². The van der Waals surface area contributed by atoms with Crippen LogP contribution < -0.4 is 16.4 Å². The average molecular weight is 306 g/mol. The number of hydrogen-bond acceptors (Lipinski definition) is 3. The van der Waals surface area contributed by atoms with Crippen LogP contribution in [0.2, 0.25) is 0 Å². The van der Waals surface area contributed by atoms with Crippen LogP contribution in [0.4, 0.5) is 5.69 Å². The van der Waals surface area contributed by atoms with E-state index < -0.39 is 0 Å². The summed E-state index contributed by atoms with van der Waals surface area (Å²) in [6.07, 6.45) is 8.52. The number of nitrogens with one attached hydrogen (secondary N) is 2. The number of anilines is 1. The highest BCUT2D eigenvalue weighted by atomic mass is 32.2. The molecule has 0 radical (unpaired) electrons. The molecule has 0 atom stereocenters. The first-order chi connectivity index (χ1) is 10.3. The van der Waals surface area contributed by atoms with Gasteiger partial charge in [-0.25, -0.2) is 0 Å². The van der Waals surface area contributed by atoms with Gasteiger partial charge in [-0.15, -0.1) is 11.8 Å². The van der Waals surface area contributed by atoms with E-state index in [9.17, 15) is 0 Å². The largest absolute Gasteiger partial charge is 0.353 e. The zero-order chi connectivity index (χ0) is 14.9. The van der Waals surface area contributed by atoms with E-state index in [0.717, 1.165) is 11.6 Å². The average Bonchev–Trinajstić information content (AvgIpc) is 2.54. The van der Waals surface area contributed by atoms with Crippen molar-refractivity contribution in [3.05, 3.63) is 24.3 Å². The van der Waals surface area contributed by atoms with Crippen LogP contribution in [0.3, 0.4) is 0 Å². The maximum atomic E-state index is 5.59. The number of aliphatic imine (C=N–C) groups is 1. The Balaban J connectivity index is 2.04. The zero-order valence-electron chi connectivity index (χ0n) is 12.8. The molecule has 2 rings (SSSR count). The summed E-state index contributed by atoms with van der Waals surface area (Å²) in [5, 5.41) is 7.01. The van der Waals surface area contributed by atoms with Gasteiger partial charge in [0.05, 0.1) is 12.2 Å². The number of hydrogen-bond donors (Lipinski definition) is 3. The fourth-order valence-electron chi connectivity index (χ4n) is 2.61. The molecule has 0 bridgehead atoms. The van der Waals surface area contributed by atoms with Gasteiger partial charge in [-0.3, -0.25) is 4.99 Å². The van der Waals surface area contributed by atoms with E-state index in [1.54, 1.807) is 11.8 Å². The molecule has 1 fully saturated rings. The van der Waals surface area contributed by atoms with E-state index in [0.29, 0.717) is 19.1 Å². The molecule has 0 spiro atoms. The normalized spacial score (nSPS) is 16.8. The Morgan fingerprint density at radius 2 is 2.05 bits per heavy atom. The second kappa shape index (κ2) is 8.95. The molecule has 0 amide bonds. The Morgan fingerprint density at radius 1 is 1.29 bits per heavy atom. The summed E-state index contributed by atoms with van der Waals surface area (Å²) in [6.45, 7) is 1.21. The fraction of sp³-hybridized carbons (Fsp3) is 0.562. The molecule has 1 aliphatic carbocycles. The number of para-hydroxylation sites is 1. The van der Waals surface area contributed by atoms with Crippen molar-refractivity contribution in [1.29, 1.82) is 0 Å². The summed E-state index contributed by atoms with van der Waals surface area (Å²) in [7, 11) is 0. The molecule has 4 N–H and O–H groups in total. The molecule has 0 aliphatic heterocycles. The van der Waals surface area contributed by atoms with Crippen LogP contribution >= 0.6 is 11.8 Å². The van der Waals surface area contributed by atoms with Crippen LogP contribution in [-0.4, -0.2) is 31.3 Å². The maximum absolute atomic E-state index is 5.59. The Morgan fingerprint density at radius 3 is 2.76 bits per heavy atom. The third-order valence-corrected chi connectivity index (χ3v) is 4.50. The number of rotatable bonds is 5. The van der Waals surface area contributed by atoms with E-state index in [-0.39, 0.29) is 0 Å². The van der Waals surface area contributed by atoms with Gasteiger partial charge in [-0.05, 0) is 31.2 Å². The van der Waals surface area contributed by atoms with Crippen molar-refractivity contribution in [3.8, 4) is 0 Å². The Kier molecular flexibility index (Phi) is 6.89. The number of benzene rings is 1. The van der Waals surface area contributed by atoms with Crippen molar-refractivity contribution in [3.63, 3.8) is 0 Å². The highest BCUT2D eigenvalue weighted by Gasteiger charge is 2.15. The second-order valence-corrected chi connectivity index (χ2v) is 6.17. The molecule has 4 nitrogen and oxygen atoms in total. The van der Waals surface area contributed by atoms with Crippen molar-refractivity contribution in [2.45, 2.75) is 43.0 Å². The molecule has 1 aliphatic rings. The van der Waals surface area contributed by atoms with Crippen molar-refractivity contribution >= 4 is 23.4 Å². The van der Waals surface area contributed by atoms with Crippen molar-refractivity contribution in [1.82, 2.24) is 5.32 Å². The molecule has 1 saturated carbocycles. The van der Waals surface area contributed by atoms with E-state index >= 15 is 0 Å². The van der Waals surface area contributed by atoms with E-state index in [1.807, 2.05) is 6.07 Å². The number of nitrogens with zero attached hydrogens (tertiary/aromatic N) is 1. The third-order valence-electron chi connectivity index (χ3n) is 3.71. The van der Waals surface area contributed by atoms with Gasteiger partial charge < -0.3 is 16.4 Å². The van der Waals surface area contributed by atoms with Crippen LogP contribution in [0.5, 0.6) is 0 Å². The van der Waals surface area contributed by atoms with Gasteiger partial charge in [0.15, 0.2) is 5.96 Å². The quantitative estimate of drug-likeness (QED) is 0.444. The van der Waals surface area contributed by atoms with Crippen molar-refractivity contribution in [2.24, 2.45) is 10.7 Å². The third kappa shape index (κ3) is 5.25. The summed E-state index contributed by atoms with van der Waals surface area (Å²) in [5.41, 5.74) is 6.69. The zero-order valence-corrected chi connectivity index (χ0v) is 13.6. The lowest BCUT2D eigenvalue weighted by molar-refractivity contribution is 0.413. The molecule has 0 aromatic heterocycles. The van der Waals surface area contributed by atoms with E-state index in [4.69, 9.17) is 5.73 Å². The molecule has 0 unspecified atom stereocenters. The van der Waals surface area contributed by atoms with E-state index in [1.165, 1.54) is 37.0 Å². The van der Waals surface area contributed by atoms with Gasteiger partial charge in [0.1, 0.15) is 0 Å². The molecule has 1 aromatic rings. The lowest BCUT2D eigenvalue weighted by atomic mass is 9.96. The lowest BCUT2D eigenvalue weighted by Crippen LogP contribution is -2.40. The summed E-state index contributed by atoms with van der Waals surface area (Å²) in [6, 6.07) is 8.84.